The molecule has 2 heterocycles. The predicted molar refractivity (Wildman–Crippen MR) is 223 cm³/mol. The number of phenols is 1. The number of carboxylic acid groups (broad SMARTS) is 1. The number of phenolic OH excluding ortho intramolecular Hbond substituents is 1. The number of carboxylic acids is 1. The van der Waals surface area contributed by atoms with Gasteiger partial charge in [0.25, 0.3) is 0 Å². The molecule has 0 radical (unpaired) electrons. The maximum Gasteiger partial charge on any atom is 0.327 e. The number of carbonyl (C=O) groups is 5. The number of guanidine groups is 1. The van der Waals surface area contributed by atoms with Crippen molar-refractivity contribution in [2.45, 2.75) is 62.3 Å². The van der Waals surface area contributed by atoms with Crippen LogP contribution >= 0.6 is 12.6 Å². The van der Waals surface area contributed by atoms with Gasteiger partial charge in [-0.25, -0.2) is 4.79 Å². The van der Waals surface area contributed by atoms with Crippen molar-refractivity contribution in [2.75, 3.05) is 12.3 Å². The molecule has 17 nitrogen and oxygen atoms in total. The summed E-state index contributed by atoms with van der Waals surface area (Å²) in [6, 6.07) is 14.7. The van der Waals surface area contributed by atoms with Gasteiger partial charge in [-0.2, -0.15) is 12.6 Å². The Morgan fingerprint density at radius 2 is 1.17 bits per heavy atom. The summed E-state index contributed by atoms with van der Waals surface area (Å²) in [5.74, 6) is -4.60. The fourth-order valence-electron chi connectivity index (χ4n) is 6.49. The van der Waals surface area contributed by atoms with Crippen LogP contribution in [0.25, 0.3) is 21.8 Å². The number of aliphatic imine (C=N–C) groups is 1. The van der Waals surface area contributed by atoms with Crippen molar-refractivity contribution < 1.29 is 34.2 Å². The second-order valence-corrected chi connectivity index (χ2v) is 14.2. The second-order valence-electron chi connectivity index (χ2n) is 13.8. The van der Waals surface area contributed by atoms with E-state index in [-0.39, 0.29) is 56.1 Å². The lowest BCUT2D eigenvalue weighted by Gasteiger charge is -2.26. The zero-order chi connectivity index (χ0) is 41.8. The van der Waals surface area contributed by atoms with Crippen molar-refractivity contribution in [1.82, 2.24) is 31.2 Å². The standard InChI is InChI=1S/C40H48N10O7S/c41-28(17-23-19-45-29-8-3-1-6-26(23)29)35(52)47-31(10-5-15-44-40(42)43)36(53)49-33(18-24-20-46-30-9-4-2-7-27(24)30)38(55)48-32(16-22-11-13-25(51)14-12-22)37(54)50-34(21-58)39(56)57/h1-4,6-9,11-14,19-20,28,31-34,45-46,51,58H,5,10,15-18,21,41H2,(H,47,52)(H,48,55)(H,49,53)(H,50,54)(H,56,57)(H4,42,43,44)/t28-,31-,32-,33-,34-/m0/s1. The molecule has 0 aliphatic heterocycles. The van der Waals surface area contributed by atoms with Gasteiger partial charge < -0.3 is 58.6 Å². The van der Waals surface area contributed by atoms with E-state index in [4.69, 9.17) is 17.2 Å². The zero-order valence-electron chi connectivity index (χ0n) is 31.5. The summed E-state index contributed by atoms with van der Waals surface area (Å²) < 4.78 is 0. The number of fused-ring (bicyclic) bond motifs is 2. The molecule has 0 unspecified atom stereocenters. The number of hydrogen-bond donors (Lipinski definition) is 12. The van der Waals surface area contributed by atoms with Crippen molar-refractivity contribution >= 4 is 70.0 Å². The van der Waals surface area contributed by atoms with Crippen molar-refractivity contribution in [3.05, 3.63) is 102 Å². The third-order valence-corrected chi connectivity index (χ3v) is 9.93. The fraction of sp³-hybridized carbons (Fsp3) is 0.300. The summed E-state index contributed by atoms with van der Waals surface area (Å²) in [6.07, 6.45) is 3.87. The average molecular weight is 813 g/mol. The summed E-state index contributed by atoms with van der Waals surface area (Å²) in [4.78, 5) is 77.8. The molecule has 2 aromatic heterocycles. The highest BCUT2D eigenvalue weighted by molar-refractivity contribution is 7.80. The number of thiol groups is 1. The number of hydrogen-bond acceptors (Lipinski definition) is 9. The number of nitrogens with zero attached hydrogens (tertiary/aromatic N) is 1. The number of aromatic amines is 2. The van der Waals surface area contributed by atoms with Gasteiger partial charge in [0.1, 0.15) is 29.9 Å². The van der Waals surface area contributed by atoms with E-state index in [1.807, 2.05) is 48.5 Å². The van der Waals surface area contributed by atoms with Crippen LogP contribution in [0.3, 0.4) is 0 Å². The summed E-state index contributed by atoms with van der Waals surface area (Å²) >= 11 is 4.04. The largest absolute Gasteiger partial charge is 0.508 e. The minimum absolute atomic E-state index is 0.0184. The maximum absolute atomic E-state index is 14.3. The van der Waals surface area contributed by atoms with Crippen LogP contribution in [-0.2, 0) is 43.2 Å². The molecule has 0 bridgehead atoms. The van der Waals surface area contributed by atoms with Gasteiger partial charge in [-0.05, 0) is 60.2 Å². The number of aromatic hydroxyl groups is 1. The van der Waals surface area contributed by atoms with Crippen LogP contribution in [0.1, 0.15) is 29.5 Å². The summed E-state index contributed by atoms with van der Waals surface area (Å²) in [7, 11) is 0. The Hall–Kier alpha value is -6.53. The smallest absolute Gasteiger partial charge is 0.327 e. The summed E-state index contributed by atoms with van der Waals surface area (Å²) in [5.41, 5.74) is 21.1. The fourth-order valence-corrected chi connectivity index (χ4v) is 6.74. The molecule has 0 spiro atoms. The van der Waals surface area contributed by atoms with Gasteiger partial charge >= 0.3 is 5.97 Å². The Morgan fingerprint density at radius 1 is 0.672 bits per heavy atom. The molecule has 5 atom stereocenters. The molecule has 0 fully saturated rings. The van der Waals surface area contributed by atoms with E-state index in [1.54, 1.807) is 24.5 Å². The van der Waals surface area contributed by atoms with E-state index >= 15 is 0 Å². The third-order valence-electron chi connectivity index (χ3n) is 9.57. The summed E-state index contributed by atoms with van der Waals surface area (Å²) in [6.45, 7) is 0.153. The number of rotatable bonds is 20. The van der Waals surface area contributed by atoms with Crippen LogP contribution in [0.2, 0.25) is 0 Å². The molecular weight excluding hydrogens is 765 g/mol. The number of carbonyl (C=O) groups excluding carboxylic acids is 4. The number of aromatic nitrogens is 2. The Bertz CT molecular complexity index is 2250. The minimum Gasteiger partial charge on any atom is -0.508 e. The topological polar surface area (TPSA) is 296 Å². The Kier molecular flexibility index (Phi) is 14.7. The molecule has 14 N–H and O–H groups in total. The molecule has 5 aromatic rings. The van der Waals surface area contributed by atoms with Crippen molar-refractivity contribution in [2.24, 2.45) is 22.2 Å². The average Bonchev–Trinajstić information content (AvgIpc) is 3.81. The second kappa shape index (κ2) is 20.1. The first-order valence-corrected chi connectivity index (χ1v) is 19.2. The first-order valence-electron chi connectivity index (χ1n) is 18.6. The predicted octanol–water partition coefficient (Wildman–Crippen LogP) is 0.717. The van der Waals surface area contributed by atoms with E-state index in [2.05, 4.69) is 48.9 Å². The van der Waals surface area contributed by atoms with Crippen molar-refractivity contribution in [3.8, 4) is 5.75 Å². The molecule has 18 heteroatoms. The molecule has 4 amide bonds. The van der Waals surface area contributed by atoms with Gasteiger partial charge in [0.15, 0.2) is 5.96 Å². The third kappa shape index (κ3) is 11.5. The van der Waals surface area contributed by atoms with Crippen LogP contribution < -0.4 is 38.5 Å². The van der Waals surface area contributed by atoms with E-state index in [0.717, 1.165) is 27.4 Å². The van der Waals surface area contributed by atoms with Gasteiger partial charge in [-0.15, -0.1) is 0 Å². The number of para-hydroxylation sites is 2. The maximum atomic E-state index is 14.3. The van der Waals surface area contributed by atoms with Gasteiger partial charge in [0.2, 0.25) is 23.6 Å². The Morgan fingerprint density at radius 3 is 1.72 bits per heavy atom. The number of aliphatic carboxylic acids is 1. The molecule has 0 saturated carbocycles. The van der Waals surface area contributed by atoms with Gasteiger partial charge in [-0.1, -0.05) is 48.5 Å². The highest BCUT2D eigenvalue weighted by Crippen LogP contribution is 2.21. The molecule has 0 saturated heterocycles. The van der Waals surface area contributed by atoms with E-state index in [1.165, 1.54) is 12.1 Å². The first kappa shape index (κ1) is 42.6. The molecule has 0 aliphatic carbocycles. The molecule has 0 aliphatic rings. The lowest BCUT2D eigenvalue weighted by Crippen LogP contribution is -2.59. The number of nitrogens with two attached hydrogens (primary N) is 3. The quantitative estimate of drug-likeness (QED) is 0.0226. The lowest BCUT2D eigenvalue weighted by atomic mass is 10.0. The van der Waals surface area contributed by atoms with Crippen LogP contribution in [0, 0.1) is 0 Å². The SMILES string of the molecule is NC(N)=NCCC[C@H](NC(=O)[C@@H](N)Cc1c[nH]c2ccccc12)C(=O)N[C@@H](Cc1c[nH]c2ccccc12)C(=O)N[C@@H](Cc1ccc(O)cc1)C(=O)N[C@@H](CS)C(=O)O. The monoisotopic (exact) mass is 812 g/mol. The molecule has 58 heavy (non-hydrogen) atoms. The van der Waals surface area contributed by atoms with Gasteiger partial charge in [0, 0.05) is 59.3 Å². The van der Waals surface area contributed by atoms with Crippen molar-refractivity contribution in [3.63, 3.8) is 0 Å². The van der Waals surface area contributed by atoms with Crippen molar-refractivity contribution in [1.29, 1.82) is 0 Å². The number of benzene rings is 3. The minimum atomic E-state index is -1.36. The first-order chi connectivity index (χ1) is 27.8. The number of amides is 4. The van der Waals surface area contributed by atoms with Crippen LogP contribution in [-0.4, -0.2) is 98.2 Å². The Balaban J connectivity index is 1.41. The van der Waals surface area contributed by atoms with Gasteiger partial charge in [-0.3, -0.25) is 24.2 Å². The molecule has 306 valence electrons. The lowest BCUT2D eigenvalue weighted by molar-refractivity contribution is -0.141. The van der Waals surface area contributed by atoms with Gasteiger partial charge in [0.05, 0.1) is 6.04 Å². The summed E-state index contributed by atoms with van der Waals surface area (Å²) in [5, 5.41) is 31.7. The normalized spacial score (nSPS) is 13.8. The van der Waals surface area contributed by atoms with E-state index in [0.29, 0.717) is 11.1 Å². The number of H-pyrrole nitrogens is 2. The molecule has 3 aromatic carbocycles. The highest BCUT2D eigenvalue weighted by atomic mass is 32.1. The van der Waals surface area contributed by atoms with Crippen LogP contribution in [0.5, 0.6) is 5.75 Å². The molecular formula is C40H48N10O7S. The van der Waals surface area contributed by atoms with E-state index in [9.17, 15) is 34.2 Å². The molecule has 5 rings (SSSR count). The van der Waals surface area contributed by atoms with E-state index < -0.39 is 59.8 Å². The van der Waals surface area contributed by atoms with Crippen LogP contribution in [0.15, 0.2) is 90.2 Å². The highest BCUT2D eigenvalue weighted by Gasteiger charge is 2.32. The number of nitrogens with one attached hydrogen (secondary N) is 6. The zero-order valence-corrected chi connectivity index (χ0v) is 32.4. The Labute approximate surface area is 339 Å². The van der Waals surface area contributed by atoms with Crippen LogP contribution in [0.4, 0.5) is 0 Å².